The molecule has 0 bridgehead atoms. The first-order chi connectivity index (χ1) is 9.82. The molecule has 5 nitrogen and oxygen atoms in total. The number of sulfone groups is 1. The quantitative estimate of drug-likeness (QED) is 0.939. The largest absolute Gasteiger partial charge is 0.381 e. The number of nitrogens with one attached hydrogen (secondary N) is 1. The highest BCUT2D eigenvalue weighted by Gasteiger charge is 2.10. The predicted octanol–water partition coefficient (Wildman–Crippen LogP) is 2.22. The molecule has 2 rings (SSSR count). The van der Waals surface area contributed by atoms with Crippen molar-refractivity contribution >= 4 is 15.5 Å². The fourth-order valence-corrected chi connectivity index (χ4v) is 2.75. The minimum atomic E-state index is -3.21. The number of nitrogens with zero attached hydrogens (tertiary/aromatic N) is 2. The van der Waals surface area contributed by atoms with Crippen LogP contribution in [0.25, 0.3) is 0 Å². The van der Waals surface area contributed by atoms with E-state index in [4.69, 9.17) is 5.26 Å². The van der Waals surface area contributed by atoms with Crippen LogP contribution in [-0.4, -0.2) is 19.2 Å². The predicted molar refractivity (Wildman–Crippen MR) is 81.7 cm³/mol. The minimum Gasteiger partial charge on any atom is -0.381 e. The van der Waals surface area contributed by atoms with Gasteiger partial charge in [-0.05, 0) is 36.8 Å². The standard InChI is InChI=1S/C15H17N3O2S/c1-11-12(7-14(9-16)18(11)2)10-17-13-5-4-6-15(8-13)21(3,19)20/h4-8,17H,10H2,1-3H3. The normalized spacial score (nSPS) is 11.1. The summed E-state index contributed by atoms with van der Waals surface area (Å²) < 4.78 is 24.9. The molecule has 0 aliphatic rings. The first-order valence-electron chi connectivity index (χ1n) is 6.42. The molecule has 0 saturated heterocycles. The molecule has 0 atom stereocenters. The monoisotopic (exact) mass is 303 g/mol. The number of nitriles is 1. The van der Waals surface area contributed by atoms with Crippen LogP contribution in [0.1, 0.15) is 17.0 Å². The summed E-state index contributed by atoms with van der Waals surface area (Å²) in [5.74, 6) is 0. The van der Waals surface area contributed by atoms with Gasteiger partial charge in [-0.3, -0.25) is 0 Å². The van der Waals surface area contributed by atoms with E-state index in [9.17, 15) is 8.42 Å². The maximum atomic E-state index is 11.5. The lowest BCUT2D eigenvalue weighted by molar-refractivity contribution is 0.602. The Kier molecular flexibility index (Phi) is 4.05. The van der Waals surface area contributed by atoms with E-state index < -0.39 is 9.84 Å². The van der Waals surface area contributed by atoms with Crippen molar-refractivity contribution in [3.05, 3.63) is 47.3 Å². The lowest BCUT2D eigenvalue weighted by atomic mass is 10.2. The summed E-state index contributed by atoms with van der Waals surface area (Å²) in [4.78, 5) is 0.287. The van der Waals surface area contributed by atoms with Gasteiger partial charge in [0.1, 0.15) is 11.8 Å². The van der Waals surface area contributed by atoms with E-state index in [0.717, 1.165) is 16.9 Å². The number of aromatic nitrogens is 1. The lowest BCUT2D eigenvalue weighted by Crippen LogP contribution is -2.03. The molecule has 1 N–H and O–H groups in total. The van der Waals surface area contributed by atoms with Crippen LogP contribution in [0.4, 0.5) is 5.69 Å². The molecule has 0 aliphatic carbocycles. The molecule has 21 heavy (non-hydrogen) atoms. The zero-order chi connectivity index (χ0) is 15.6. The van der Waals surface area contributed by atoms with Gasteiger partial charge in [0, 0.05) is 31.2 Å². The topological polar surface area (TPSA) is 74.9 Å². The van der Waals surface area contributed by atoms with E-state index >= 15 is 0 Å². The molecule has 0 saturated carbocycles. The van der Waals surface area contributed by atoms with E-state index in [1.54, 1.807) is 18.2 Å². The Morgan fingerprint density at radius 3 is 2.62 bits per heavy atom. The van der Waals surface area contributed by atoms with Gasteiger partial charge in [0.05, 0.1) is 4.90 Å². The van der Waals surface area contributed by atoms with Gasteiger partial charge in [-0.1, -0.05) is 6.07 Å². The van der Waals surface area contributed by atoms with E-state index in [2.05, 4.69) is 11.4 Å². The van der Waals surface area contributed by atoms with Gasteiger partial charge in [0.15, 0.2) is 9.84 Å². The minimum absolute atomic E-state index is 0.287. The van der Waals surface area contributed by atoms with Crippen molar-refractivity contribution < 1.29 is 8.42 Å². The van der Waals surface area contributed by atoms with Crippen LogP contribution in [0.2, 0.25) is 0 Å². The second kappa shape index (κ2) is 5.62. The number of anilines is 1. The Labute approximate surface area is 124 Å². The van der Waals surface area contributed by atoms with Crippen LogP contribution in [0.3, 0.4) is 0 Å². The zero-order valence-corrected chi connectivity index (χ0v) is 13.0. The van der Waals surface area contributed by atoms with Crippen molar-refractivity contribution in [1.82, 2.24) is 4.57 Å². The third-order valence-corrected chi connectivity index (χ3v) is 4.61. The Balaban J connectivity index is 2.20. The summed E-state index contributed by atoms with van der Waals surface area (Å²) in [6, 6.07) is 10.7. The number of benzene rings is 1. The molecule has 0 unspecified atom stereocenters. The second-order valence-electron chi connectivity index (χ2n) is 4.96. The summed E-state index contributed by atoms with van der Waals surface area (Å²) in [7, 11) is -1.36. The van der Waals surface area contributed by atoms with Crippen LogP contribution >= 0.6 is 0 Å². The first-order valence-corrected chi connectivity index (χ1v) is 8.31. The SMILES string of the molecule is Cc1c(CNc2cccc(S(C)(=O)=O)c2)cc(C#N)n1C. The van der Waals surface area contributed by atoms with E-state index in [1.807, 2.05) is 30.7 Å². The molecule has 0 aliphatic heterocycles. The first kappa shape index (κ1) is 15.1. The fraction of sp³-hybridized carbons (Fsp3) is 0.267. The summed E-state index contributed by atoms with van der Waals surface area (Å²) >= 11 is 0. The average molecular weight is 303 g/mol. The van der Waals surface area contributed by atoms with Crippen molar-refractivity contribution in [2.45, 2.75) is 18.4 Å². The van der Waals surface area contributed by atoms with Gasteiger partial charge in [-0.15, -0.1) is 0 Å². The van der Waals surface area contributed by atoms with Crippen molar-refractivity contribution in [3.63, 3.8) is 0 Å². The van der Waals surface area contributed by atoms with Crippen LogP contribution in [0, 0.1) is 18.3 Å². The van der Waals surface area contributed by atoms with Crippen LogP contribution in [0.5, 0.6) is 0 Å². The third-order valence-electron chi connectivity index (χ3n) is 3.50. The lowest BCUT2D eigenvalue weighted by Gasteiger charge is -2.08. The summed E-state index contributed by atoms with van der Waals surface area (Å²) in [5.41, 5.74) is 3.37. The maximum Gasteiger partial charge on any atom is 0.175 e. The van der Waals surface area contributed by atoms with Crippen molar-refractivity contribution in [3.8, 4) is 6.07 Å². The highest BCUT2D eigenvalue weighted by Crippen LogP contribution is 2.18. The summed E-state index contributed by atoms with van der Waals surface area (Å²) in [6.07, 6.45) is 1.19. The summed E-state index contributed by atoms with van der Waals surface area (Å²) in [6.45, 7) is 2.49. The van der Waals surface area contributed by atoms with Gasteiger partial charge in [0.2, 0.25) is 0 Å². The molecular formula is C15H17N3O2S. The molecule has 6 heteroatoms. The van der Waals surface area contributed by atoms with Crippen LogP contribution in [0.15, 0.2) is 35.2 Å². The molecule has 110 valence electrons. The van der Waals surface area contributed by atoms with Gasteiger partial charge in [-0.2, -0.15) is 5.26 Å². The Morgan fingerprint density at radius 1 is 1.33 bits per heavy atom. The number of hydrogen-bond donors (Lipinski definition) is 1. The van der Waals surface area contributed by atoms with Crippen LogP contribution in [-0.2, 0) is 23.4 Å². The summed E-state index contributed by atoms with van der Waals surface area (Å²) in [5, 5.41) is 12.2. The molecule has 0 spiro atoms. The van der Waals surface area contributed by atoms with E-state index in [1.165, 1.54) is 6.26 Å². The second-order valence-corrected chi connectivity index (χ2v) is 6.98. The zero-order valence-electron chi connectivity index (χ0n) is 12.2. The maximum absolute atomic E-state index is 11.5. The van der Waals surface area contributed by atoms with Gasteiger partial charge in [-0.25, -0.2) is 8.42 Å². The molecule has 1 heterocycles. The van der Waals surface area contributed by atoms with Crippen molar-refractivity contribution in [2.24, 2.45) is 7.05 Å². The molecule has 1 aromatic heterocycles. The smallest absolute Gasteiger partial charge is 0.175 e. The van der Waals surface area contributed by atoms with Gasteiger partial charge < -0.3 is 9.88 Å². The molecule has 1 aromatic carbocycles. The van der Waals surface area contributed by atoms with Crippen molar-refractivity contribution in [1.29, 1.82) is 5.26 Å². The molecule has 0 amide bonds. The molecule has 2 aromatic rings. The fourth-order valence-electron chi connectivity index (χ4n) is 2.08. The van der Waals surface area contributed by atoms with E-state index in [0.29, 0.717) is 12.2 Å². The molecule has 0 radical (unpaired) electrons. The highest BCUT2D eigenvalue weighted by molar-refractivity contribution is 7.90. The highest BCUT2D eigenvalue weighted by atomic mass is 32.2. The Hall–Kier alpha value is -2.26. The average Bonchev–Trinajstić information content (AvgIpc) is 2.72. The van der Waals surface area contributed by atoms with Gasteiger partial charge >= 0.3 is 0 Å². The van der Waals surface area contributed by atoms with Gasteiger partial charge in [0.25, 0.3) is 0 Å². The Bertz CT molecular complexity index is 814. The van der Waals surface area contributed by atoms with E-state index in [-0.39, 0.29) is 4.90 Å². The molecular weight excluding hydrogens is 286 g/mol. The van der Waals surface area contributed by atoms with Crippen molar-refractivity contribution in [2.75, 3.05) is 11.6 Å². The number of rotatable bonds is 4. The van der Waals surface area contributed by atoms with Crippen LogP contribution < -0.4 is 5.32 Å². The number of hydrogen-bond acceptors (Lipinski definition) is 4. The molecule has 0 fully saturated rings. The Morgan fingerprint density at radius 2 is 2.05 bits per heavy atom. The third kappa shape index (κ3) is 3.26.